The van der Waals surface area contributed by atoms with E-state index in [-0.39, 0.29) is 23.6 Å². The first-order valence-electron chi connectivity index (χ1n) is 6.18. The SMILES string of the molecule is CSC1=NCC(C)C1C(=O)Nc1ccc(F)c(C)c1. The molecule has 1 N–H and O–H groups in total. The Morgan fingerprint density at radius 1 is 1.53 bits per heavy atom. The molecule has 0 saturated carbocycles. The van der Waals surface area contributed by atoms with Crippen molar-refractivity contribution in [3.05, 3.63) is 29.6 Å². The van der Waals surface area contributed by atoms with Crippen molar-refractivity contribution >= 4 is 28.4 Å². The van der Waals surface area contributed by atoms with E-state index in [1.165, 1.54) is 17.8 Å². The van der Waals surface area contributed by atoms with Gasteiger partial charge in [0.15, 0.2) is 0 Å². The van der Waals surface area contributed by atoms with Gasteiger partial charge >= 0.3 is 0 Å². The van der Waals surface area contributed by atoms with E-state index in [0.717, 1.165) is 5.04 Å². The van der Waals surface area contributed by atoms with Crippen LogP contribution in [0.25, 0.3) is 0 Å². The first kappa shape index (κ1) is 14.1. The summed E-state index contributed by atoms with van der Waals surface area (Å²) < 4.78 is 13.2. The Bertz CT molecular complexity index is 530. The van der Waals surface area contributed by atoms with E-state index in [0.29, 0.717) is 17.8 Å². The van der Waals surface area contributed by atoms with Gasteiger partial charge in [0.1, 0.15) is 5.82 Å². The highest BCUT2D eigenvalue weighted by Crippen LogP contribution is 2.28. The Hall–Kier alpha value is -1.36. The number of aliphatic imine (C=N–C) groups is 1. The lowest BCUT2D eigenvalue weighted by Crippen LogP contribution is -2.30. The van der Waals surface area contributed by atoms with Gasteiger partial charge < -0.3 is 5.32 Å². The van der Waals surface area contributed by atoms with Crippen LogP contribution in [0.3, 0.4) is 0 Å². The summed E-state index contributed by atoms with van der Waals surface area (Å²) >= 11 is 1.52. The second kappa shape index (κ2) is 5.74. The van der Waals surface area contributed by atoms with Crippen molar-refractivity contribution in [2.24, 2.45) is 16.8 Å². The highest BCUT2D eigenvalue weighted by atomic mass is 32.2. The molecule has 5 heteroatoms. The summed E-state index contributed by atoms with van der Waals surface area (Å²) in [5.41, 5.74) is 1.15. The van der Waals surface area contributed by atoms with Crippen LogP contribution in [0, 0.1) is 24.6 Å². The summed E-state index contributed by atoms with van der Waals surface area (Å²) in [7, 11) is 0. The zero-order chi connectivity index (χ0) is 14.0. The molecule has 19 heavy (non-hydrogen) atoms. The molecule has 0 fully saturated rings. The minimum absolute atomic E-state index is 0.0656. The average Bonchev–Trinajstić information content (AvgIpc) is 2.75. The van der Waals surface area contributed by atoms with Crippen LogP contribution in [0.1, 0.15) is 12.5 Å². The lowest BCUT2D eigenvalue weighted by molar-refractivity contribution is -0.118. The van der Waals surface area contributed by atoms with Crippen molar-refractivity contribution < 1.29 is 9.18 Å². The molecule has 1 aliphatic heterocycles. The first-order valence-corrected chi connectivity index (χ1v) is 7.40. The summed E-state index contributed by atoms with van der Waals surface area (Å²) in [6.45, 7) is 4.39. The minimum atomic E-state index is -0.265. The van der Waals surface area contributed by atoms with Crippen LogP contribution < -0.4 is 5.32 Å². The second-order valence-electron chi connectivity index (χ2n) is 4.79. The molecule has 102 valence electrons. The summed E-state index contributed by atoms with van der Waals surface area (Å²) in [6, 6.07) is 4.59. The van der Waals surface area contributed by atoms with Gasteiger partial charge in [-0.2, -0.15) is 0 Å². The third-order valence-electron chi connectivity index (χ3n) is 3.29. The number of hydrogen-bond donors (Lipinski definition) is 1. The number of benzene rings is 1. The Balaban J connectivity index is 2.12. The van der Waals surface area contributed by atoms with Gasteiger partial charge in [-0.3, -0.25) is 9.79 Å². The number of carbonyl (C=O) groups is 1. The molecular formula is C14H17FN2OS. The first-order chi connectivity index (χ1) is 9.02. The standard InChI is InChI=1S/C14H17FN2OS/c1-8-6-10(4-5-11(8)15)17-13(18)12-9(2)7-16-14(12)19-3/h4-6,9,12H,7H2,1-3H3,(H,17,18). The molecule has 0 spiro atoms. The number of aryl methyl sites for hydroxylation is 1. The van der Waals surface area contributed by atoms with Crippen molar-refractivity contribution in [1.82, 2.24) is 0 Å². The lowest BCUT2D eigenvalue weighted by atomic mass is 9.97. The third-order valence-corrected chi connectivity index (χ3v) is 4.09. The fourth-order valence-electron chi connectivity index (χ4n) is 2.19. The van der Waals surface area contributed by atoms with E-state index in [9.17, 15) is 9.18 Å². The fourth-order valence-corrected chi connectivity index (χ4v) is 2.98. The Labute approximate surface area is 116 Å². The van der Waals surface area contributed by atoms with Crippen LogP contribution in [0.5, 0.6) is 0 Å². The number of nitrogens with zero attached hydrogens (tertiary/aromatic N) is 1. The zero-order valence-electron chi connectivity index (χ0n) is 11.2. The van der Waals surface area contributed by atoms with Crippen molar-refractivity contribution in [3.63, 3.8) is 0 Å². The largest absolute Gasteiger partial charge is 0.325 e. The molecule has 0 aromatic heterocycles. The maximum atomic E-state index is 13.2. The summed E-state index contributed by atoms with van der Waals surface area (Å²) in [5.74, 6) is -0.313. The van der Waals surface area contributed by atoms with Crippen molar-refractivity contribution in [2.45, 2.75) is 13.8 Å². The number of anilines is 1. The average molecular weight is 280 g/mol. The van der Waals surface area contributed by atoms with E-state index in [2.05, 4.69) is 10.3 Å². The number of thioether (sulfide) groups is 1. The highest BCUT2D eigenvalue weighted by molar-refractivity contribution is 8.13. The van der Waals surface area contributed by atoms with Gasteiger partial charge in [-0.15, -0.1) is 11.8 Å². The molecule has 0 aliphatic carbocycles. The number of amides is 1. The molecule has 0 saturated heterocycles. The van der Waals surface area contributed by atoms with E-state index >= 15 is 0 Å². The molecule has 1 amide bonds. The maximum Gasteiger partial charge on any atom is 0.234 e. The van der Waals surface area contributed by atoms with E-state index in [1.54, 1.807) is 19.1 Å². The van der Waals surface area contributed by atoms with Gasteiger partial charge in [0.05, 0.1) is 11.0 Å². The predicted molar refractivity (Wildman–Crippen MR) is 78.2 cm³/mol. The Morgan fingerprint density at radius 2 is 2.26 bits per heavy atom. The number of rotatable bonds is 2. The van der Waals surface area contributed by atoms with Gasteiger partial charge in [0.2, 0.25) is 5.91 Å². The maximum absolute atomic E-state index is 13.2. The zero-order valence-corrected chi connectivity index (χ0v) is 12.1. The summed E-state index contributed by atoms with van der Waals surface area (Å²) in [5, 5.41) is 3.73. The quantitative estimate of drug-likeness (QED) is 0.904. The molecule has 2 atom stereocenters. The van der Waals surface area contributed by atoms with Gasteiger partial charge in [0.25, 0.3) is 0 Å². The number of halogens is 1. The Morgan fingerprint density at radius 3 is 2.89 bits per heavy atom. The topological polar surface area (TPSA) is 41.5 Å². The molecule has 1 heterocycles. The molecule has 1 aliphatic rings. The van der Waals surface area contributed by atoms with Crippen molar-refractivity contribution in [3.8, 4) is 0 Å². The molecule has 2 rings (SSSR count). The molecule has 3 nitrogen and oxygen atoms in total. The smallest absolute Gasteiger partial charge is 0.234 e. The molecule has 1 aromatic carbocycles. The lowest BCUT2D eigenvalue weighted by Gasteiger charge is -2.16. The fraction of sp³-hybridized carbons (Fsp3) is 0.429. The van der Waals surface area contributed by atoms with E-state index < -0.39 is 0 Å². The molecule has 0 radical (unpaired) electrons. The number of carbonyl (C=O) groups excluding carboxylic acids is 1. The van der Waals surface area contributed by atoms with Crippen LogP contribution in [0.4, 0.5) is 10.1 Å². The van der Waals surface area contributed by atoms with Gasteiger partial charge in [-0.05, 0) is 42.9 Å². The third kappa shape index (κ3) is 2.97. The van der Waals surface area contributed by atoms with Gasteiger partial charge in [-0.1, -0.05) is 6.92 Å². The summed E-state index contributed by atoms with van der Waals surface area (Å²) in [4.78, 5) is 16.7. The van der Waals surface area contributed by atoms with Crippen LogP contribution in [0.15, 0.2) is 23.2 Å². The van der Waals surface area contributed by atoms with Crippen LogP contribution >= 0.6 is 11.8 Å². The van der Waals surface area contributed by atoms with E-state index in [1.807, 2.05) is 13.2 Å². The normalized spacial score (nSPS) is 22.2. The van der Waals surface area contributed by atoms with Crippen LogP contribution in [-0.2, 0) is 4.79 Å². The predicted octanol–water partition coefficient (Wildman–Crippen LogP) is 3.10. The second-order valence-corrected chi connectivity index (χ2v) is 5.62. The van der Waals surface area contributed by atoms with Crippen LogP contribution in [0.2, 0.25) is 0 Å². The highest BCUT2D eigenvalue weighted by Gasteiger charge is 2.34. The Kier molecular flexibility index (Phi) is 4.24. The number of nitrogens with one attached hydrogen (secondary N) is 1. The minimum Gasteiger partial charge on any atom is -0.325 e. The van der Waals surface area contributed by atoms with Crippen molar-refractivity contribution in [1.29, 1.82) is 0 Å². The molecule has 1 aromatic rings. The number of hydrogen-bond acceptors (Lipinski definition) is 3. The van der Waals surface area contributed by atoms with Gasteiger partial charge in [0, 0.05) is 12.2 Å². The summed E-state index contributed by atoms with van der Waals surface area (Å²) in [6.07, 6.45) is 1.93. The monoisotopic (exact) mass is 280 g/mol. The van der Waals surface area contributed by atoms with Crippen LogP contribution in [-0.4, -0.2) is 23.8 Å². The molecule has 0 bridgehead atoms. The molecular weight excluding hydrogens is 263 g/mol. The van der Waals surface area contributed by atoms with E-state index in [4.69, 9.17) is 0 Å². The van der Waals surface area contributed by atoms with Crippen molar-refractivity contribution in [2.75, 3.05) is 18.1 Å². The van der Waals surface area contributed by atoms with Gasteiger partial charge in [-0.25, -0.2) is 4.39 Å². The molecule has 2 unspecified atom stereocenters.